The van der Waals surface area contributed by atoms with E-state index in [0.717, 1.165) is 16.0 Å². The van der Waals surface area contributed by atoms with Crippen molar-refractivity contribution in [2.45, 2.75) is 0 Å². The van der Waals surface area contributed by atoms with Crippen LogP contribution in [0.4, 0.5) is 0 Å². The normalized spacial score (nSPS) is 11.4. The number of aryl methyl sites for hydroxylation is 1. The van der Waals surface area contributed by atoms with Crippen LogP contribution in [-0.2, 0) is 7.05 Å². The van der Waals surface area contributed by atoms with Crippen LogP contribution < -0.4 is 9.54 Å². The van der Waals surface area contributed by atoms with E-state index in [0.29, 0.717) is 15.9 Å². The number of nitrogens with zero attached hydrogens (tertiary/aromatic N) is 3. The van der Waals surface area contributed by atoms with Gasteiger partial charge in [0.15, 0.2) is 4.80 Å². The summed E-state index contributed by atoms with van der Waals surface area (Å²) in [5, 5.41) is 8.79. The van der Waals surface area contributed by atoms with Crippen LogP contribution in [0.2, 0.25) is 0 Å². The fraction of sp³-hybridized carbons (Fsp3) is 0.118. The van der Waals surface area contributed by atoms with Crippen molar-refractivity contribution in [3.8, 4) is 11.8 Å². The molecule has 3 rings (SSSR count). The Morgan fingerprint density at radius 3 is 2.65 bits per heavy atom. The molecular weight excluding hydrogens is 310 g/mol. The van der Waals surface area contributed by atoms with Crippen molar-refractivity contribution >= 4 is 27.5 Å². The minimum Gasteiger partial charge on any atom is -0.497 e. The highest BCUT2D eigenvalue weighted by Gasteiger charge is 2.08. The lowest BCUT2D eigenvalue weighted by atomic mass is 10.1. The van der Waals surface area contributed by atoms with Crippen LogP contribution in [0.1, 0.15) is 15.9 Å². The number of rotatable bonds is 2. The summed E-state index contributed by atoms with van der Waals surface area (Å²) in [5.41, 5.74) is 1.96. The number of carbonyl (C=O) groups is 1. The minimum absolute atomic E-state index is 0.330. The lowest BCUT2D eigenvalue weighted by Crippen LogP contribution is -2.13. The van der Waals surface area contributed by atoms with Gasteiger partial charge in [0, 0.05) is 12.6 Å². The first-order valence-corrected chi connectivity index (χ1v) is 7.67. The first-order valence-electron chi connectivity index (χ1n) is 6.85. The maximum atomic E-state index is 12.3. The zero-order chi connectivity index (χ0) is 16.4. The van der Waals surface area contributed by atoms with Crippen molar-refractivity contribution in [2.24, 2.45) is 12.0 Å². The highest BCUT2D eigenvalue weighted by molar-refractivity contribution is 7.16. The van der Waals surface area contributed by atoms with Crippen molar-refractivity contribution in [1.82, 2.24) is 4.57 Å². The average Bonchev–Trinajstić information content (AvgIpc) is 2.90. The number of ether oxygens (including phenoxy) is 1. The molecule has 0 spiro atoms. The SMILES string of the molecule is COc1ccc2c(c1)sc(=NC(=O)c1ccc(C#N)cc1)n2C. The largest absolute Gasteiger partial charge is 0.497 e. The average molecular weight is 323 g/mol. The predicted octanol–water partition coefficient (Wildman–Crippen LogP) is 2.86. The van der Waals surface area contributed by atoms with Crippen LogP contribution >= 0.6 is 11.3 Å². The van der Waals surface area contributed by atoms with Crippen molar-refractivity contribution < 1.29 is 9.53 Å². The van der Waals surface area contributed by atoms with E-state index < -0.39 is 0 Å². The van der Waals surface area contributed by atoms with E-state index in [9.17, 15) is 4.79 Å². The Balaban J connectivity index is 2.04. The quantitative estimate of drug-likeness (QED) is 0.728. The Morgan fingerprint density at radius 2 is 2.00 bits per heavy atom. The van der Waals surface area contributed by atoms with Gasteiger partial charge in [0.1, 0.15) is 5.75 Å². The number of thiazole rings is 1. The van der Waals surface area contributed by atoms with Crippen molar-refractivity contribution in [2.75, 3.05) is 7.11 Å². The molecule has 0 saturated carbocycles. The molecule has 0 atom stereocenters. The highest BCUT2D eigenvalue weighted by atomic mass is 32.1. The van der Waals surface area contributed by atoms with Gasteiger partial charge in [0.25, 0.3) is 5.91 Å². The summed E-state index contributed by atoms with van der Waals surface area (Å²) in [5.74, 6) is 0.438. The molecule has 0 aliphatic rings. The molecule has 1 amide bonds. The Bertz CT molecular complexity index is 991. The van der Waals surface area contributed by atoms with E-state index in [4.69, 9.17) is 10.00 Å². The number of aromatic nitrogens is 1. The molecule has 0 aliphatic carbocycles. The molecule has 1 heterocycles. The van der Waals surface area contributed by atoms with Crippen molar-refractivity contribution in [3.05, 3.63) is 58.4 Å². The van der Waals surface area contributed by atoms with E-state index in [1.807, 2.05) is 35.9 Å². The molecule has 23 heavy (non-hydrogen) atoms. The number of methoxy groups -OCH3 is 1. The van der Waals surface area contributed by atoms with Crippen LogP contribution in [0.5, 0.6) is 5.75 Å². The number of benzene rings is 2. The van der Waals surface area contributed by atoms with Gasteiger partial charge < -0.3 is 9.30 Å². The van der Waals surface area contributed by atoms with Crippen LogP contribution in [-0.4, -0.2) is 17.6 Å². The molecular formula is C17H13N3O2S. The van der Waals surface area contributed by atoms with Crippen LogP contribution in [0.15, 0.2) is 47.5 Å². The number of hydrogen-bond acceptors (Lipinski definition) is 4. The third kappa shape index (κ3) is 2.87. The Hall–Kier alpha value is -2.91. The summed E-state index contributed by atoms with van der Waals surface area (Å²) < 4.78 is 8.09. The molecule has 0 unspecified atom stereocenters. The van der Waals surface area contributed by atoms with E-state index in [1.54, 1.807) is 31.4 Å². The second-order valence-corrected chi connectivity index (χ2v) is 5.89. The van der Waals surface area contributed by atoms with E-state index >= 15 is 0 Å². The summed E-state index contributed by atoms with van der Waals surface area (Å²) in [7, 11) is 3.49. The Kier molecular flexibility index (Phi) is 3.96. The maximum Gasteiger partial charge on any atom is 0.279 e. The number of nitriles is 1. The molecule has 114 valence electrons. The molecule has 2 aromatic carbocycles. The maximum absolute atomic E-state index is 12.3. The Labute approximate surface area is 136 Å². The minimum atomic E-state index is -0.330. The zero-order valence-electron chi connectivity index (χ0n) is 12.6. The smallest absolute Gasteiger partial charge is 0.279 e. The third-order valence-corrected chi connectivity index (χ3v) is 4.57. The van der Waals surface area contributed by atoms with Gasteiger partial charge in [-0.2, -0.15) is 10.3 Å². The van der Waals surface area contributed by atoms with Crippen LogP contribution in [0.25, 0.3) is 10.2 Å². The van der Waals surface area contributed by atoms with Gasteiger partial charge in [-0.15, -0.1) is 0 Å². The van der Waals surface area contributed by atoms with Gasteiger partial charge in [-0.25, -0.2) is 0 Å². The van der Waals surface area contributed by atoms with Crippen molar-refractivity contribution in [3.63, 3.8) is 0 Å². The van der Waals surface area contributed by atoms with E-state index in [-0.39, 0.29) is 5.91 Å². The fourth-order valence-electron chi connectivity index (χ4n) is 2.19. The van der Waals surface area contributed by atoms with Gasteiger partial charge in [0.05, 0.1) is 29.0 Å². The first kappa shape index (κ1) is 15.0. The van der Waals surface area contributed by atoms with Crippen molar-refractivity contribution in [1.29, 1.82) is 5.26 Å². The molecule has 0 saturated heterocycles. The summed E-state index contributed by atoms with van der Waals surface area (Å²) in [6, 6.07) is 14.2. The number of amides is 1. The molecule has 5 nitrogen and oxygen atoms in total. The van der Waals surface area contributed by atoms with Crippen LogP contribution in [0, 0.1) is 11.3 Å². The second-order valence-electron chi connectivity index (χ2n) is 4.88. The number of carbonyl (C=O) groups excluding carboxylic acids is 1. The first-order chi connectivity index (χ1) is 11.1. The predicted molar refractivity (Wildman–Crippen MR) is 88.4 cm³/mol. The third-order valence-electron chi connectivity index (χ3n) is 3.47. The van der Waals surface area contributed by atoms with E-state index in [1.165, 1.54) is 11.3 Å². The molecule has 6 heteroatoms. The van der Waals surface area contributed by atoms with E-state index in [2.05, 4.69) is 4.99 Å². The standard InChI is InChI=1S/C17H13N3O2S/c1-20-14-8-7-13(22-2)9-15(14)23-17(20)19-16(21)12-5-3-11(10-18)4-6-12/h3-9H,1-2H3. The van der Waals surface area contributed by atoms with Gasteiger partial charge in [-0.1, -0.05) is 11.3 Å². The molecule has 0 N–H and O–H groups in total. The number of fused-ring (bicyclic) bond motifs is 1. The zero-order valence-corrected chi connectivity index (χ0v) is 13.4. The topological polar surface area (TPSA) is 67.4 Å². The fourth-order valence-corrected chi connectivity index (χ4v) is 3.23. The monoisotopic (exact) mass is 323 g/mol. The molecule has 0 fully saturated rings. The van der Waals surface area contributed by atoms with Gasteiger partial charge >= 0.3 is 0 Å². The Morgan fingerprint density at radius 1 is 1.26 bits per heavy atom. The molecule has 3 aromatic rings. The molecule has 1 aromatic heterocycles. The molecule has 0 bridgehead atoms. The lowest BCUT2D eigenvalue weighted by Gasteiger charge is -1.99. The second kappa shape index (κ2) is 6.07. The van der Waals surface area contributed by atoms with Gasteiger partial charge in [-0.05, 0) is 42.5 Å². The van der Waals surface area contributed by atoms with Crippen LogP contribution in [0.3, 0.4) is 0 Å². The summed E-state index contributed by atoms with van der Waals surface area (Å²) in [6.45, 7) is 0. The van der Waals surface area contributed by atoms with Gasteiger partial charge in [-0.3, -0.25) is 4.79 Å². The lowest BCUT2D eigenvalue weighted by molar-refractivity contribution is 0.0998. The number of hydrogen-bond donors (Lipinski definition) is 0. The van der Waals surface area contributed by atoms with Gasteiger partial charge in [0.2, 0.25) is 0 Å². The summed E-state index contributed by atoms with van der Waals surface area (Å²) in [6.07, 6.45) is 0. The summed E-state index contributed by atoms with van der Waals surface area (Å²) >= 11 is 1.43. The highest BCUT2D eigenvalue weighted by Crippen LogP contribution is 2.22. The molecule has 0 radical (unpaired) electrons. The summed E-state index contributed by atoms with van der Waals surface area (Å²) in [4.78, 5) is 17.1. The molecule has 0 aliphatic heterocycles.